The van der Waals surface area contributed by atoms with Gasteiger partial charge in [-0.05, 0) is 17.5 Å². The molecule has 0 aliphatic rings. The van der Waals surface area contributed by atoms with Gasteiger partial charge >= 0.3 is 0 Å². The van der Waals surface area contributed by atoms with E-state index in [1.54, 1.807) is 18.3 Å². The van der Waals surface area contributed by atoms with Crippen LogP contribution in [0, 0.1) is 5.41 Å². The Hall–Kier alpha value is -1.95. The maximum atomic E-state index is 11.7. The minimum atomic E-state index is -0.654. The van der Waals surface area contributed by atoms with Crippen molar-refractivity contribution in [2.45, 2.75) is 26.8 Å². The van der Waals surface area contributed by atoms with Gasteiger partial charge in [-0.2, -0.15) is 0 Å². The predicted octanol–water partition coefficient (Wildman–Crippen LogP) is 0.510. The summed E-state index contributed by atoms with van der Waals surface area (Å²) < 4.78 is 0. The normalized spacial score (nSPS) is 12.6. The third kappa shape index (κ3) is 5.05. The van der Waals surface area contributed by atoms with E-state index in [1.807, 2.05) is 20.8 Å². The Morgan fingerprint density at radius 2 is 2.11 bits per heavy atom. The van der Waals surface area contributed by atoms with Gasteiger partial charge in [0.25, 0.3) is 0 Å². The summed E-state index contributed by atoms with van der Waals surface area (Å²) in [4.78, 5) is 27.2. The van der Waals surface area contributed by atoms with E-state index < -0.39 is 6.04 Å². The molecular formula is C13H20N4O2. The fraction of sp³-hybridized carbons (Fsp3) is 0.462. The standard InChI is InChI=1S/C13H20N4O2/c1-13(2,3)11(14)12(19)16-8-10(18)17-9-5-4-6-15-7-9/h4-7,11H,8,14H2,1-3H3,(H,16,19)(H,17,18)/t11-/m1/s1. The van der Waals surface area contributed by atoms with Crippen molar-refractivity contribution in [2.75, 3.05) is 11.9 Å². The SMILES string of the molecule is CC(C)(C)[C@H](N)C(=O)NCC(=O)Nc1cccnc1. The molecule has 6 nitrogen and oxygen atoms in total. The number of pyridine rings is 1. The highest BCUT2D eigenvalue weighted by molar-refractivity contribution is 5.95. The summed E-state index contributed by atoms with van der Waals surface area (Å²) >= 11 is 0. The molecular weight excluding hydrogens is 244 g/mol. The third-order valence-corrected chi connectivity index (χ3v) is 2.58. The maximum Gasteiger partial charge on any atom is 0.243 e. The quantitative estimate of drug-likeness (QED) is 0.738. The summed E-state index contributed by atoms with van der Waals surface area (Å²) in [6, 6.07) is 2.77. The summed E-state index contributed by atoms with van der Waals surface area (Å²) in [7, 11) is 0. The van der Waals surface area contributed by atoms with Crippen LogP contribution in [0.1, 0.15) is 20.8 Å². The van der Waals surface area contributed by atoms with Gasteiger partial charge in [0.2, 0.25) is 11.8 Å². The first-order valence-corrected chi connectivity index (χ1v) is 6.04. The first-order chi connectivity index (χ1) is 8.80. The molecule has 0 spiro atoms. The van der Waals surface area contributed by atoms with Gasteiger partial charge in [-0.1, -0.05) is 20.8 Å². The lowest BCUT2D eigenvalue weighted by Gasteiger charge is -2.25. The van der Waals surface area contributed by atoms with E-state index in [9.17, 15) is 9.59 Å². The smallest absolute Gasteiger partial charge is 0.243 e. The van der Waals surface area contributed by atoms with Crippen molar-refractivity contribution in [3.63, 3.8) is 0 Å². The van der Waals surface area contributed by atoms with Crippen LogP contribution in [-0.4, -0.2) is 29.4 Å². The molecule has 6 heteroatoms. The maximum absolute atomic E-state index is 11.7. The van der Waals surface area contributed by atoms with Crippen LogP contribution in [0.5, 0.6) is 0 Å². The van der Waals surface area contributed by atoms with Crippen LogP contribution in [0.15, 0.2) is 24.5 Å². The molecule has 0 radical (unpaired) electrons. The molecule has 19 heavy (non-hydrogen) atoms. The van der Waals surface area contributed by atoms with Gasteiger partial charge < -0.3 is 16.4 Å². The molecule has 0 aromatic carbocycles. The molecule has 0 unspecified atom stereocenters. The molecule has 1 heterocycles. The van der Waals surface area contributed by atoms with E-state index in [2.05, 4.69) is 15.6 Å². The fourth-order valence-electron chi connectivity index (χ4n) is 1.31. The summed E-state index contributed by atoms with van der Waals surface area (Å²) in [6.45, 7) is 5.49. The van der Waals surface area contributed by atoms with E-state index in [-0.39, 0.29) is 23.8 Å². The van der Waals surface area contributed by atoms with Crippen LogP contribution in [0.2, 0.25) is 0 Å². The largest absolute Gasteiger partial charge is 0.346 e. The summed E-state index contributed by atoms with van der Waals surface area (Å²) in [6.07, 6.45) is 3.14. The second-order valence-electron chi connectivity index (χ2n) is 5.35. The molecule has 4 N–H and O–H groups in total. The van der Waals surface area contributed by atoms with Crippen molar-refractivity contribution >= 4 is 17.5 Å². The van der Waals surface area contributed by atoms with Crippen LogP contribution >= 0.6 is 0 Å². The Morgan fingerprint density at radius 1 is 1.42 bits per heavy atom. The third-order valence-electron chi connectivity index (χ3n) is 2.58. The molecule has 0 saturated heterocycles. The Labute approximate surface area is 112 Å². The fourth-order valence-corrected chi connectivity index (χ4v) is 1.31. The first kappa shape index (κ1) is 15.1. The highest BCUT2D eigenvalue weighted by atomic mass is 16.2. The average Bonchev–Trinajstić information content (AvgIpc) is 2.35. The van der Waals surface area contributed by atoms with Crippen LogP contribution in [0.3, 0.4) is 0 Å². The summed E-state index contributed by atoms with van der Waals surface area (Å²) in [5.74, 6) is -0.656. The van der Waals surface area contributed by atoms with Crippen molar-refractivity contribution in [1.29, 1.82) is 0 Å². The van der Waals surface area contributed by atoms with Crippen molar-refractivity contribution in [2.24, 2.45) is 11.1 Å². The molecule has 0 bridgehead atoms. The molecule has 1 aromatic rings. The molecule has 0 aliphatic carbocycles. The van der Waals surface area contributed by atoms with Crippen LogP contribution in [0.25, 0.3) is 0 Å². The van der Waals surface area contributed by atoms with Crippen LogP contribution in [0.4, 0.5) is 5.69 Å². The number of carbonyl (C=O) groups is 2. The number of carbonyl (C=O) groups excluding carboxylic acids is 2. The molecule has 2 amide bonds. The van der Waals surface area contributed by atoms with Gasteiger partial charge in [-0.25, -0.2) is 0 Å². The zero-order valence-corrected chi connectivity index (χ0v) is 11.4. The molecule has 1 aromatic heterocycles. The zero-order chi connectivity index (χ0) is 14.5. The number of hydrogen-bond donors (Lipinski definition) is 3. The number of nitrogens with zero attached hydrogens (tertiary/aromatic N) is 1. The minimum absolute atomic E-state index is 0.114. The summed E-state index contributed by atoms with van der Waals surface area (Å²) in [5.41, 5.74) is 6.02. The molecule has 1 rings (SSSR count). The number of hydrogen-bond acceptors (Lipinski definition) is 4. The molecule has 0 aliphatic heterocycles. The molecule has 0 saturated carbocycles. The molecule has 1 atom stereocenters. The number of amides is 2. The Morgan fingerprint density at radius 3 is 2.63 bits per heavy atom. The predicted molar refractivity (Wildman–Crippen MR) is 73.3 cm³/mol. The lowest BCUT2D eigenvalue weighted by molar-refractivity contribution is -0.126. The van der Waals surface area contributed by atoms with E-state index in [4.69, 9.17) is 5.73 Å². The van der Waals surface area contributed by atoms with E-state index >= 15 is 0 Å². The zero-order valence-electron chi connectivity index (χ0n) is 11.4. The average molecular weight is 264 g/mol. The van der Waals surface area contributed by atoms with Gasteiger partial charge in [0.1, 0.15) is 0 Å². The highest BCUT2D eigenvalue weighted by Crippen LogP contribution is 2.16. The Kier molecular flexibility index (Phi) is 5.00. The van der Waals surface area contributed by atoms with Crippen molar-refractivity contribution in [3.8, 4) is 0 Å². The molecule has 0 fully saturated rings. The lowest BCUT2D eigenvalue weighted by Crippen LogP contribution is -2.50. The summed E-state index contributed by atoms with van der Waals surface area (Å²) in [5, 5.41) is 5.13. The van der Waals surface area contributed by atoms with Gasteiger partial charge in [-0.3, -0.25) is 14.6 Å². The van der Waals surface area contributed by atoms with Crippen LogP contribution in [-0.2, 0) is 9.59 Å². The van der Waals surface area contributed by atoms with E-state index in [1.165, 1.54) is 6.20 Å². The highest BCUT2D eigenvalue weighted by Gasteiger charge is 2.27. The number of rotatable bonds is 4. The van der Waals surface area contributed by atoms with Gasteiger partial charge in [0.15, 0.2) is 0 Å². The second kappa shape index (κ2) is 6.29. The van der Waals surface area contributed by atoms with Gasteiger partial charge in [0, 0.05) is 6.20 Å². The van der Waals surface area contributed by atoms with Crippen molar-refractivity contribution in [1.82, 2.24) is 10.3 Å². The monoisotopic (exact) mass is 264 g/mol. The number of anilines is 1. The van der Waals surface area contributed by atoms with Gasteiger partial charge in [-0.15, -0.1) is 0 Å². The van der Waals surface area contributed by atoms with Crippen LogP contribution < -0.4 is 16.4 Å². The van der Waals surface area contributed by atoms with E-state index in [0.29, 0.717) is 5.69 Å². The van der Waals surface area contributed by atoms with Crippen molar-refractivity contribution < 1.29 is 9.59 Å². The number of aromatic nitrogens is 1. The Balaban J connectivity index is 2.41. The number of nitrogens with two attached hydrogens (primary N) is 1. The van der Waals surface area contributed by atoms with E-state index in [0.717, 1.165) is 0 Å². The lowest BCUT2D eigenvalue weighted by atomic mass is 9.87. The first-order valence-electron chi connectivity index (χ1n) is 6.04. The van der Waals surface area contributed by atoms with Gasteiger partial charge in [0.05, 0.1) is 24.5 Å². The topological polar surface area (TPSA) is 97.1 Å². The van der Waals surface area contributed by atoms with Crippen molar-refractivity contribution in [3.05, 3.63) is 24.5 Å². The minimum Gasteiger partial charge on any atom is -0.346 e. The molecule has 104 valence electrons. The second-order valence-corrected chi connectivity index (χ2v) is 5.35. The number of nitrogens with one attached hydrogen (secondary N) is 2. The Bertz CT molecular complexity index is 440.